The summed E-state index contributed by atoms with van der Waals surface area (Å²) in [5.41, 5.74) is 5.67. The van der Waals surface area contributed by atoms with Crippen molar-refractivity contribution in [3.8, 4) is 0 Å². The van der Waals surface area contributed by atoms with Crippen LogP contribution in [0.2, 0.25) is 0 Å². The van der Waals surface area contributed by atoms with Crippen molar-refractivity contribution < 1.29 is 4.79 Å². The molecule has 0 saturated heterocycles. The molecule has 0 radical (unpaired) electrons. The Morgan fingerprint density at radius 3 is 2.94 bits per heavy atom. The quantitative estimate of drug-likeness (QED) is 0.829. The normalized spacial score (nSPS) is 20.6. The average molecular weight is 270 g/mol. The lowest BCUT2D eigenvalue weighted by atomic mass is 10.2. The van der Waals surface area contributed by atoms with Crippen LogP contribution in [-0.2, 0) is 0 Å². The van der Waals surface area contributed by atoms with E-state index in [0.29, 0.717) is 16.5 Å². The number of Topliss-reactive ketones (excluding diaryl/α,β-unsaturated/α-hetero) is 1. The minimum Gasteiger partial charge on any atom is -0.393 e. The van der Waals surface area contributed by atoms with Crippen molar-refractivity contribution in [3.63, 3.8) is 0 Å². The summed E-state index contributed by atoms with van der Waals surface area (Å²) < 4.78 is 0.0344. The van der Waals surface area contributed by atoms with Crippen LogP contribution >= 0.6 is 34.9 Å². The van der Waals surface area contributed by atoms with Crippen molar-refractivity contribution in [2.45, 2.75) is 11.0 Å². The predicted octanol–water partition coefficient (Wildman–Crippen LogP) is 2.90. The van der Waals surface area contributed by atoms with Gasteiger partial charge >= 0.3 is 0 Å². The Hall–Kier alpha value is -0.720. The number of thioether (sulfide) groups is 2. The molecule has 0 bridgehead atoms. The van der Waals surface area contributed by atoms with Gasteiger partial charge in [-0.05, 0) is 17.5 Å². The Labute approximate surface area is 106 Å². The van der Waals surface area contributed by atoms with Crippen LogP contribution in [0.5, 0.6) is 0 Å². The van der Waals surface area contributed by atoms with Crippen LogP contribution in [0.3, 0.4) is 0 Å². The first kappa shape index (κ1) is 11.8. The van der Waals surface area contributed by atoms with Crippen LogP contribution < -0.4 is 5.73 Å². The smallest absolute Gasteiger partial charge is 0.174 e. The Bertz CT molecular complexity index is 439. The van der Waals surface area contributed by atoms with E-state index in [0.717, 1.165) is 4.88 Å². The summed E-state index contributed by atoms with van der Waals surface area (Å²) in [5.74, 6) is 0.127. The number of carbonyl (C=O) groups excluding carboxylic acids is 1. The average Bonchev–Trinajstić information content (AvgIpc) is 2.68. The number of nitrogens with two attached hydrogens (primary N) is 1. The second-order valence-corrected chi connectivity index (χ2v) is 6.95. The molecule has 0 amide bonds. The van der Waals surface area contributed by atoms with E-state index in [1.54, 1.807) is 6.08 Å². The SMILES string of the molecule is N=C1C=C(N)SC(CC(=O)c2cccs2)S1. The second-order valence-electron chi connectivity index (χ2n) is 3.18. The van der Waals surface area contributed by atoms with Crippen LogP contribution in [0.4, 0.5) is 0 Å². The number of hydrogen-bond donors (Lipinski definition) is 2. The van der Waals surface area contributed by atoms with E-state index in [9.17, 15) is 4.79 Å². The lowest BCUT2D eigenvalue weighted by Crippen LogP contribution is -2.14. The first-order valence-corrected chi connectivity index (χ1v) is 7.25. The van der Waals surface area contributed by atoms with Crippen molar-refractivity contribution in [2.24, 2.45) is 5.73 Å². The predicted molar refractivity (Wildman–Crippen MR) is 72.2 cm³/mol. The molecule has 16 heavy (non-hydrogen) atoms. The summed E-state index contributed by atoms with van der Waals surface area (Å²) >= 11 is 4.30. The van der Waals surface area contributed by atoms with Gasteiger partial charge < -0.3 is 5.73 Å². The monoisotopic (exact) mass is 270 g/mol. The number of carbonyl (C=O) groups is 1. The van der Waals surface area contributed by atoms with E-state index in [4.69, 9.17) is 11.1 Å². The second kappa shape index (κ2) is 5.07. The maximum atomic E-state index is 11.8. The molecule has 6 heteroatoms. The molecule has 0 spiro atoms. The number of rotatable bonds is 3. The first-order chi connectivity index (χ1) is 7.65. The zero-order valence-electron chi connectivity index (χ0n) is 8.30. The molecule has 3 nitrogen and oxygen atoms in total. The zero-order valence-corrected chi connectivity index (χ0v) is 10.8. The summed E-state index contributed by atoms with van der Waals surface area (Å²) in [7, 11) is 0. The summed E-state index contributed by atoms with van der Waals surface area (Å²) in [6, 6.07) is 3.70. The molecule has 1 unspecified atom stereocenters. The van der Waals surface area contributed by atoms with E-state index >= 15 is 0 Å². The highest BCUT2D eigenvalue weighted by atomic mass is 32.2. The van der Waals surface area contributed by atoms with Gasteiger partial charge in [0.05, 0.1) is 19.5 Å². The topological polar surface area (TPSA) is 66.9 Å². The Morgan fingerprint density at radius 1 is 1.50 bits per heavy atom. The molecule has 1 aliphatic heterocycles. The van der Waals surface area contributed by atoms with E-state index in [1.807, 2.05) is 17.5 Å². The van der Waals surface area contributed by atoms with Gasteiger partial charge in [-0.25, -0.2) is 0 Å². The molecular weight excluding hydrogens is 260 g/mol. The Morgan fingerprint density at radius 2 is 2.31 bits per heavy atom. The van der Waals surface area contributed by atoms with Crippen LogP contribution in [0, 0.1) is 5.41 Å². The van der Waals surface area contributed by atoms with Gasteiger partial charge in [0.1, 0.15) is 0 Å². The van der Waals surface area contributed by atoms with Gasteiger partial charge in [-0.2, -0.15) is 0 Å². The van der Waals surface area contributed by atoms with E-state index in [1.165, 1.54) is 34.9 Å². The molecule has 1 aromatic heterocycles. The van der Waals surface area contributed by atoms with Gasteiger partial charge in [0.15, 0.2) is 5.78 Å². The van der Waals surface area contributed by atoms with E-state index < -0.39 is 0 Å². The lowest BCUT2D eigenvalue weighted by Gasteiger charge is -2.18. The van der Waals surface area contributed by atoms with Crippen molar-refractivity contribution in [3.05, 3.63) is 33.5 Å². The maximum Gasteiger partial charge on any atom is 0.174 e. The van der Waals surface area contributed by atoms with Crippen molar-refractivity contribution >= 4 is 45.7 Å². The standard InChI is InChI=1S/C10H10N2OS3/c11-8-5-9(12)16-10(15-8)4-6(13)7-2-1-3-14-7/h1-3,5,10-11H,4,12H2. The fourth-order valence-electron chi connectivity index (χ4n) is 1.29. The molecule has 2 rings (SSSR count). The highest BCUT2D eigenvalue weighted by Gasteiger charge is 2.22. The third kappa shape index (κ3) is 2.90. The molecule has 1 aliphatic rings. The summed E-state index contributed by atoms with van der Waals surface area (Å²) in [6.45, 7) is 0. The Balaban J connectivity index is 1.99. The van der Waals surface area contributed by atoms with Gasteiger partial charge in [0.25, 0.3) is 0 Å². The molecule has 0 fully saturated rings. The van der Waals surface area contributed by atoms with Crippen LogP contribution in [0.25, 0.3) is 0 Å². The molecular formula is C10H10N2OS3. The van der Waals surface area contributed by atoms with Gasteiger partial charge in [-0.1, -0.05) is 29.6 Å². The molecule has 84 valence electrons. The minimum atomic E-state index is 0.0344. The largest absolute Gasteiger partial charge is 0.393 e. The highest BCUT2D eigenvalue weighted by Crippen LogP contribution is 2.36. The number of nitrogens with one attached hydrogen (secondary N) is 1. The van der Waals surface area contributed by atoms with Crippen LogP contribution in [-0.4, -0.2) is 15.4 Å². The van der Waals surface area contributed by atoms with Crippen LogP contribution in [0.15, 0.2) is 28.6 Å². The van der Waals surface area contributed by atoms with Crippen LogP contribution in [0.1, 0.15) is 16.1 Å². The number of thiophene rings is 1. The van der Waals surface area contributed by atoms with Crippen molar-refractivity contribution in [2.75, 3.05) is 0 Å². The molecule has 3 N–H and O–H groups in total. The maximum absolute atomic E-state index is 11.8. The number of hydrogen-bond acceptors (Lipinski definition) is 6. The fraction of sp³-hybridized carbons (Fsp3) is 0.200. The number of ketones is 1. The van der Waals surface area contributed by atoms with Crippen molar-refractivity contribution in [1.82, 2.24) is 0 Å². The fourth-order valence-corrected chi connectivity index (χ4v) is 4.31. The minimum absolute atomic E-state index is 0.0344. The third-order valence-corrected chi connectivity index (χ3v) is 5.06. The molecule has 0 saturated carbocycles. The van der Waals surface area contributed by atoms with Crippen molar-refractivity contribution in [1.29, 1.82) is 5.41 Å². The van der Waals surface area contributed by atoms with Gasteiger partial charge in [-0.15, -0.1) is 11.3 Å². The highest BCUT2D eigenvalue weighted by molar-refractivity contribution is 8.27. The lowest BCUT2D eigenvalue weighted by molar-refractivity contribution is 0.0991. The van der Waals surface area contributed by atoms with Gasteiger partial charge in [-0.3, -0.25) is 10.2 Å². The molecule has 2 heterocycles. The molecule has 1 aromatic rings. The van der Waals surface area contributed by atoms with E-state index in [-0.39, 0.29) is 10.4 Å². The molecule has 1 atom stereocenters. The zero-order chi connectivity index (χ0) is 11.5. The summed E-state index contributed by atoms with van der Waals surface area (Å²) in [6.07, 6.45) is 2.05. The Kier molecular flexibility index (Phi) is 3.73. The summed E-state index contributed by atoms with van der Waals surface area (Å²) in [5, 5.41) is 10.5. The third-order valence-electron chi connectivity index (χ3n) is 1.95. The van der Waals surface area contributed by atoms with E-state index in [2.05, 4.69) is 0 Å². The molecule has 0 aliphatic carbocycles. The van der Waals surface area contributed by atoms with Gasteiger partial charge in [0.2, 0.25) is 0 Å². The first-order valence-electron chi connectivity index (χ1n) is 4.61. The van der Waals surface area contributed by atoms with Gasteiger partial charge in [0, 0.05) is 6.42 Å². The summed E-state index contributed by atoms with van der Waals surface area (Å²) in [4.78, 5) is 12.6. The molecule has 0 aromatic carbocycles.